The Morgan fingerprint density at radius 1 is 1.11 bits per heavy atom. The zero-order chi connectivity index (χ0) is 24.8. The van der Waals surface area contributed by atoms with Gasteiger partial charge in [-0.2, -0.15) is 0 Å². The first-order valence-electron chi connectivity index (χ1n) is 10.8. The van der Waals surface area contributed by atoms with Crippen molar-refractivity contribution >= 4 is 34.2 Å². The highest BCUT2D eigenvalue weighted by Gasteiger charge is 2.24. The van der Waals surface area contributed by atoms with Gasteiger partial charge in [0.2, 0.25) is 0 Å². The molecule has 0 aliphatic heterocycles. The van der Waals surface area contributed by atoms with Crippen LogP contribution in [0, 0.1) is 0 Å². The van der Waals surface area contributed by atoms with Gasteiger partial charge in [-0.3, -0.25) is 9.36 Å². The van der Waals surface area contributed by atoms with Gasteiger partial charge < -0.3 is 14.8 Å². The van der Waals surface area contributed by atoms with Gasteiger partial charge in [0, 0.05) is 23.5 Å². The predicted molar refractivity (Wildman–Crippen MR) is 131 cm³/mol. The standard InChI is InChI=1S/C25H22N4O5S/c1-3-33-25(32)19-13-20(17-7-5-4-6-8-17)35-23(19)28-22(30)16(2)34-24(31)18-9-10-21(27-14-18)29-12-11-26-15-29/h4-16H,3H2,1-2H3,(H,28,30)/t16-/m1/s1. The molecular weight excluding hydrogens is 468 g/mol. The van der Waals surface area contributed by atoms with E-state index in [0.29, 0.717) is 10.8 Å². The fourth-order valence-electron chi connectivity index (χ4n) is 3.14. The number of hydrogen-bond acceptors (Lipinski definition) is 8. The number of nitrogens with one attached hydrogen (secondary N) is 1. The van der Waals surface area contributed by atoms with Crippen LogP contribution < -0.4 is 5.32 Å². The van der Waals surface area contributed by atoms with Gasteiger partial charge >= 0.3 is 11.9 Å². The number of benzene rings is 1. The second kappa shape index (κ2) is 10.7. The van der Waals surface area contributed by atoms with Gasteiger partial charge in [-0.1, -0.05) is 30.3 Å². The molecule has 0 bridgehead atoms. The van der Waals surface area contributed by atoms with Gasteiger partial charge in [0.1, 0.15) is 17.1 Å². The van der Waals surface area contributed by atoms with E-state index in [1.807, 2.05) is 30.3 Å². The van der Waals surface area contributed by atoms with Crippen LogP contribution in [-0.2, 0) is 14.3 Å². The molecule has 1 atom stereocenters. The fourth-order valence-corrected chi connectivity index (χ4v) is 4.19. The van der Waals surface area contributed by atoms with Gasteiger partial charge in [0.15, 0.2) is 6.10 Å². The SMILES string of the molecule is CCOC(=O)c1cc(-c2ccccc2)sc1NC(=O)[C@@H](C)OC(=O)c1ccc(-n2ccnc2)nc1. The van der Waals surface area contributed by atoms with Gasteiger partial charge in [0.25, 0.3) is 5.91 Å². The number of thiophene rings is 1. The first-order valence-corrected chi connectivity index (χ1v) is 11.6. The Morgan fingerprint density at radius 3 is 2.57 bits per heavy atom. The van der Waals surface area contributed by atoms with Gasteiger partial charge in [-0.15, -0.1) is 11.3 Å². The molecule has 0 aliphatic carbocycles. The maximum atomic E-state index is 12.8. The summed E-state index contributed by atoms with van der Waals surface area (Å²) in [5.74, 6) is -1.23. The molecule has 0 fully saturated rings. The van der Waals surface area contributed by atoms with E-state index < -0.39 is 23.9 Å². The van der Waals surface area contributed by atoms with Gasteiger partial charge in [-0.25, -0.2) is 19.6 Å². The number of rotatable bonds is 8. The van der Waals surface area contributed by atoms with Gasteiger partial charge in [-0.05, 0) is 37.6 Å². The number of nitrogens with zero attached hydrogens (tertiary/aromatic N) is 3. The Bertz CT molecular complexity index is 1320. The number of aromatic nitrogens is 3. The summed E-state index contributed by atoms with van der Waals surface area (Å²) in [7, 11) is 0. The first-order chi connectivity index (χ1) is 17.0. The van der Waals surface area contributed by atoms with Crippen molar-refractivity contribution in [2.45, 2.75) is 20.0 Å². The number of carbonyl (C=O) groups excluding carboxylic acids is 3. The monoisotopic (exact) mass is 490 g/mol. The second-order valence-corrected chi connectivity index (χ2v) is 8.40. The molecule has 1 N–H and O–H groups in total. The molecule has 0 saturated carbocycles. The van der Waals surface area contributed by atoms with E-state index in [0.717, 1.165) is 10.4 Å². The van der Waals surface area contributed by atoms with Crippen LogP contribution in [0.15, 0.2) is 73.4 Å². The first kappa shape index (κ1) is 23.8. The lowest BCUT2D eigenvalue weighted by molar-refractivity contribution is -0.123. The number of amides is 1. The van der Waals surface area contributed by atoms with Crippen LogP contribution in [0.2, 0.25) is 0 Å². The molecule has 178 valence electrons. The van der Waals surface area contributed by atoms with E-state index in [9.17, 15) is 14.4 Å². The molecule has 0 spiro atoms. The summed E-state index contributed by atoms with van der Waals surface area (Å²) in [6.45, 7) is 3.36. The molecule has 0 aliphatic rings. The number of pyridine rings is 1. The number of carbonyl (C=O) groups is 3. The Hall–Kier alpha value is -4.31. The summed E-state index contributed by atoms with van der Waals surface area (Å²) >= 11 is 1.24. The maximum Gasteiger partial charge on any atom is 0.341 e. The van der Waals surface area contributed by atoms with E-state index in [4.69, 9.17) is 9.47 Å². The smallest absolute Gasteiger partial charge is 0.341 e. The van der Waals surface area contributed by atoms with Crippen molar-refractivity contribution < 1.29 is 23.9 Å². The number of hydrogen-bond donors (Lipinski definition) is 1. The minimum absolute atomic E-state index is 0.197. The minimum Gasteiger partial charge on any atom is -0.462 e. The molecule has 4 rings (SSSR count). The molecule has 0 unspecified atom stereocenters. The Balaban J connectivity index is 1.46. The normalized spacial score (nSPS) is 11.5. The van der Waals surface area contributed by atoms with Crippen molar-refractivity contribution in [1.82, 2.24) is 14.5 Å². The molecule has 0 saturated heterocycles. The highest BCUT2D eigenvalue weighted by Crippen LogP contribution is 2.36. The Morgan fingerprint density at radius 2 is 1.91 bits per heavy atom. The fraction of sp³-hybridized carbons (Fsp3) is 0.160. The summed E-state index contributed by atoms with van der Waals surface area (Å²) in [6, 6.07) is 14.3. The lowest BCUT2D eigenvalue weighted by Gasteiger charge is -2.13. The van der Waals surface area contributed by atoms with Gasteiger partial charge in [0.05, 0.1) is 17.7 Å². The van der Waals surface area contributed by atoms with E-state index in [1.54, 1.807) is 48.4 Å². The zero-order valence-corrected chi connectivity index (χ0v) is 19.8. The van der Waals surface area contributed by atoms with E-state index >= 15 is 0 Å². The number of esters is 2. The lowest BCUT2D eigenvalue weighted by Crippen LogP contribution is -2.30. The van der Waals surface area contributed by atoms with Crippen molar-refractivity contribution in [1.29, 1.82) is 0 Å². The number of ether oxygens (including phenoxy) is 2. The van der Waals surface area contributed by atoms with Crippen LogP contribution in [0.3, 0.4) is 0 Å². The third kappa shape index (κ3) is 5.61. The van der Waals surface area contributed by atoms with E-state index in [2.05, 4.69) is 15.3 Å². The lowest BCUT2D eigenvalue weighted by atomic mass is 10.1. The van der Waals surface area contributed by atoms with E-state index in [-0.39, 0.29) is 17.7 Å². The second-order valence-electron chi connectivity index (χ2n) is 7.35. The summed E-state index contributed by atoms with van der Waals surface area (Å²) in [5.41, 5.74) is 1.33. The van der Waals surface area contributed by atoms with Crippen LogP contribution >= 0.6 is 11.3 Å². The summed E-state index contributed by atoms with van der Waals surface area (Å²) in [5, 5.41) is 3.02. The van der Waals surface area contributed by atoms with Crippen LogP contribution in [0.4, 0.5) is 5.00 Å². The molecular formula is C25H22N4O5S. The largest absolute Gasteiger partial charge is 0.462 e. The van der Waals surface area contributed by atoms with Crippen LogP contribution in [-0.4, -0.2) is 45.1 Å². The molecule has 4 aromatic rings. The molecule has 9 nitrogen and oxygen atoms in total. The quantitative estimate of drug-likeness (QED) is 0.365. The topological polar surface area (TPSA) is 112 Å². The minimum atomic E-state index is -1.12. The predicted octanol–water partition coefficient (Wildman–Crippen LogP) is 4.36. The maximum absolute atomic E-state index is 12.8. The third-order valence-corrected chi connectivity index (χ3v) is 6.03. The molecule has 10 heteroatoms. The van der Waals surface area contributed by atoms with Crippen molar-refractivity contribution in [3.63, 3.8) is 0 Å². The molecule has 35 heavy (non-hydrogen) atoms. The van der Waals surface area contributed by atoms with Crippen molar-refractivity contribution in [2.24, 2.45) is 0 Å². The summed E-state index contributed by atoms with van der Waals surface area (Å²) < 4.78 is 12.1. The van der Waals surface area contributed by atoms with Crippen LogP contribution in [0.5, 0.6) is 0 Å². The third-order valence-electron chi connectivity index (χ3n) is 4.93. The van der Waals surface area contributed by atoms with Crippen LogP contribution in [0.1, 0.15) is 34.6 Å². The molecule has 3 heterocycles. The highest BCUT2D eigenvalue weighted by atomic mass is 32.1. The molecule has 3 aromatic heterocycles. The van der Waals surface area contributed by atoms with Crippen LogP contribution in [0.25, 0.3) is 16.3 Å². The molecule has 1 aromatic carbocycles. The average Bonchev–Trinajstić information content (AvgIpc) is 3.55. The molecule has 1 amide bonds. The number of anilines is 1. The van der Waals surface area contributed by atoms with E-state index in [1.165, 1.54) is 24.5 Å². The highest BCUT2D eigenvalue weighted by molar-refractivity contribution is 7.20. The van der Waals surface area contributed by atoms with Crippen molar-refractivity contribution in [3.8, 4) is 16.3 Å². The number of imidazole rings is 1. The molecule has 0 radical (unpaired) electrons. The van der Waals surface area contributed by atoms with Crippen molar-refractivity contribution in [3.05, 3.63) is 84.6 Å². The van der Waals surface area contributed by atoms with Crippen molar-refractivity contribution in [2.75, 3.05) is 11.9 Å². The summed E-state index contributed by atoms with van der Waals surface area (Å²) in [4.78, 5) is 46.8. The zero-order valence-electron chi connectivity index (χ0n) is 19.0. The summed E-state index contributed by atoms with van der Waals surface area (Å²) in [6.07, 6.45) is 5.18. The Labute approximate surface area is 205 Å². The average molecular weight is 491 g/mol. The Kier molecular flexibility index (Phi) is 7.32.